The number of ether oxygens (including phenoxy) is 1. The Morgan fingerprint density at radius 1 is 1.36 bits per heavy atom. The van der Waals surface area contributed by atoms with E-state index in [1.165, 1.54) is 0 Å². The van der Waals surface area contributed by atoms with Crippen LogP contribution in [0.5, 0.6) is 5.75 Å². The van der Waals surface area contributed by atoms with Gasteiger partial charge in [-0.25, -0.2) is 0 Å². The largest absolute Gasteiger partial charge is 0.479 e. The summed E-state index contributed by atoms with van der Waals surface area (Å²) in [6, 6.07) is 3.53. The molecule has 0 saturated heterocycles. The topological polar surface area (TPSA) is 77.0 Å². The summed E-state index contributed by atoms with van der Waals surface area (Å²) in [6.45, 7) is 6.41. The minimum Gasteiger partial charge on any atom is -0.479 e. The maximum absolute atomic E-state index is 12.0. The first-order chi connectivity index (χ1) is 10.6. The van der Waals surface area contributed by atoms with E-state index in [0.717, 1.165) is 10.0 Å². The van der Waals surface area contributed by atoms with Crippen molar-refractivity contribution in [1.29, 1.82) is 0 Å². The molecule has 0 radical (unpaired) electrons. The van der Waals surface area contributed by atoms with E-state index in [-0.39, 0.29) is 5.91 Å². The van der Waals surface area contributed by atoms with Crippen LogP contribution in [0, 0.1) is 0 Å². The van der Waals surface area contributed by atoms with Gasteiger partial charge in [0, 0.05) is 25.1 Å². The van der Waals surface area contributed by atoms with E-state index in [1.54, 1.807) is 42.8 Å². The normalized spacial score (nSPS) is 12.2. The molecule has 0 bridgehead atoms. The molecule has 22 heavy (non-hydrogen) atoms. The number of carbonyl (C=O) groups excluding carboxylic acids is 1. The molecule has 2 aromatic rings. The fourth-order valence-corrected chi connectivity index (χ4v) is 2.56. The second kappa shape index (κ2) is 7.84. The summed E-state index contributed by atoms with van der Waals surface area (Å²) in [4.78, 5) is 15.9. The number of pyridine rings is 1. The molecular weight excluding hydrogens is 300 g/mol. The third-order valence-corrected chi connectivity index (χ3v) is 4.21. The van der Waals surface area contributed by atoms with Gasteiger partial charge in [0.2, 0.25) is 0 Å². The maximum Gasteiger partial charge on any atom is 0.260 e. The van der Waals surface area contributed by atoms with Gasteiger partial charge in [0.05, 0.1) is 6.20 Å². The highest BCUT2D eigenvalue weighted by Gasteiger charge is 2.14. The smallest absolute Gasteiger partial charge is 0.260 e. The Morgan fingerprint density at radius 3 is 2.82 bits per heavy atom. The molecule has 2 heterocycles. The molecule has 7 heteroatoms. The molecule has 0 spiro atoms. The van der Waals surface area contributed by atoms with Gasteiger partial charge in [0.15, 0.2) is 6.10 Å². The molecule has 0 aliphatic heterocycles. The molecule has 1 N–H and O–H groups in total. The molecule has 1 atom stereocenters. The van der Waals surface area contributed by atoms with Gasteiger partial charge in [-0.2, -0.15) is 0 Å². The fourth-order valence-electron chi connectivity index (χ4n) is 1.71. The van der Waals surface area contributed by atoms with Crippen LogP contribution in [-0.2, 0) is 11.2 Å². The zero-order valence-corrected chi connectivity index (χ0v) is 13.8. The van der Waals surface area contributed by atoms with Crippen molar-refractivity contribution in [2.45, 2.75) is 39.2 Å². The Bertz CT molecular complexity index is 601. The Labute approximate surface area is 134 Å². The second-order valence-electron chi connectivity index (χ2n) is 5.18. The highest BCUT2D eigenvalue weighted by atomic mass is 32.1. The SMILES string of the molecule is CC(Oc1cccnc1)C(=O)NCCc1nnc(C(C)C)s1. The Kier molecular flexibility index (Phi) is 5.83. The lowest BCUT2D eigenvalue weighted by atomic mass is 10.2. The van der Waals surface area contributed by atoms with E-state index < -0.39 is 6.10 Å². The molecule has 2 aromatic heterocycles. The van der Waals surface area contributed by atoms with E-state index in [9.17, 15) is 4.79 Å². The fraction of sp³-hybridized carbons (Fsp3) is 0.467. The Balaban J connectivity index is 1.74. The summed E-state index contributed by atoms with van der Waals surface area (Å²) < 4.78 is 5.51. The van der Waals surface area contributed by atoms with Crippen molar-refractivity contribution in [3.63, 3.8) is 0 Å². The monoisotopic (exact) mass is 320 g/mol. The summed E-state index contributed by atoms with van der Waals surface area (Å²) in [5.41, 5.74) is 0. The Morgan fingerprint density at radius 2 is 2.18 bits per heavy atom. The lowest BCUT2D eigenvalue weighted by molar-refractivity contribution is -0.127. The van der Waals surface area contributed by atoms with Crippen molar-refractivity contribution in [2.24, 2.45) is 0 Å². The quantitative estimate of drug-likeness (QED) is 0.846. The van der Waals surface area contributed by atoms with E-state index >= 15 is 0 Å². The summed E-state index contributed by atoms with van der Waals surface area (Å²) in [7, 11) is 0. The third-order valence-electron chi connectivity index (χ3n) is 2.93. The molecule has 0 aliphatic rings. The summed E-state index contributed by atoms with van der Waals surface area (Å²) in [5.74, 6) is 0.807. The van der Waals surface area contributed by atoms with E-state index in [4.69, 9.17) is 4.74 Å². The predicted octanol–water partition coefficient (Wildman–Crippen LogP) is 2.18. The van der Waals surface area contributed by atoms with Gasteiger partial charge >= 0.3 is 0 Å². The van der Waals surface area contributed by atoms with Crippen LogP contribution in [0.15, 0.2) is 24.5 Å². The number of aromatic nitrogens is 3. The van der Waals surface area contributed by atoms with Crippen molar-refractivity contribution in [2.75, 3.05) is 6.54 Å². The van der Waals surface area contributed by atoms with Gasteiger partial charge < -0.3 is 10.1 Å². The minimum atomic E-state index is -0.565. The van der Waals surface area contributed by atoms with Gasteiger partial charge in [-0.1, -0.05) is 13.8 Å². The molecule has 1 amide bonds. The van der Waals surface area contributed by atoms with Crippen LogP contribution < -0.4 is 10.1 Å². The summed E-state index contributed by atoms with van der Waals surface area (Å²) in [6.07, 6.45) is 3.35. The molecule has 1 unspecified atom stereocenters. The molecule has 0 fully saturated rings. The van der Waals surface area contributed by atoms with Crippen LogP contribution >= 0.6 is 11.3 Å². The van der Waals surface area contributed by atoms with E-state index in [0.29, 0.717) is 24.6 Å². The molecule has 2 rings (SSSR count). The highest BCUT2D eigenvalue weighted by Crippen LogP contribution is 2.18. The first-order valence-electron chi connectivity index (χ1n) is 7.23. The standard InChI is InChI=1S/C15H20N4O2S/c1-10(2)15-19-18-13(22-15)6-8-17-14(20)11(3)21-12-5-4-7-16-9-12/h4-5,7,9-11H,6,8H2,1-3H3,(H,17,20). The van der Waals surface area contributed by atoms with Gasteiger partial charge in [-0.3, -0.25) is 9.78 Å². The number of hydrogen-bond donors (Lipinski definition) is 1. The average molecular weight is 320 g/mol. The second-order valence-corrected chi connectivity index (χ2v) is 6.27. The maximum atomic E-state index is 12.0. The first-order valence-corrected chi connectivity index (χ1v) is 8.04. The number of hydrogen-bond acceptors (Lipinski definition) is 6. The van der Waals surface area contributed by atoms with E-state index in [1.807, 2.05) is 0 Å². The summed E-state index contributed by atoms with van der Waals surface area (Å²) in [5, 5.41) is 13.1. The van der Waals surface area contributed by atoms with Crippen molar-refractivity contribution >= 4 is 17.2 Å². The van der Waals surface area contributed by atoms with Crippen LogP contribution in [0.3, 0.4) is 0 Å². The number of nitrogens with zero attached hydrogens (tertiary/aromatic N) is 3. The van der Waals surface area contributed by atoms with Crippen LogP contribution in [0.4, 0.5) is 0 Å². The number of nitrogens with one attached hydrogen (secondary N) is 1. The highest BCUT2D eigenvalue weighted by molar-refractivity contribution is 7.11. The third kappa shape index (κ3) is 4.77. The number of carbonyl (C=O) groups is 1. The minimum absolute atomic E-state index is 0.155. The first kappa shape index (κ1) is 16.4. The molecular formula is C15H20N4O2S. The van der Waals surface area contributed by atoms with Crippen molar-refractivity contribution < 1.29 is 9.53 Å². The lowest BCUT2D eigenvalue weighted by Gasteiger charge is -2.13. The van der Waals surface area contributed by atoms with Crippen LogP contribution in [0.25, 0.3) is 0 Å². The summed E-state index contributed by atoms with van der Waals surface area (Å²) >= 11 is 1.59. The van der Waals surface area contributed by atoms with Crippen molar-refractivity contribution in [1.82, 2.24) is 20.5 Å². The zero-order chi connectivity index (χ0) is 15.9. The number of rotatable bonds is 7. The average Bonchev–Trinajstić information content (AvgIpc) is 2.97. The lowest BCUT2D eigenvalue weighted by Crippen LogP contribution is -2.37. The number of amides is 1. The van der Waals surface area contributed by atoms with Crippen molar-refractivity contribution in [3.05, 3.63) is 34.5 Å². The molecule has 6 nitrogen and oxygen atoms in total. The molecule has 0 aliphatic carbocycles. The van der Waals surface area contributed by atoms with Crippen LogP contribution in [0.2, 0.25) is 0 Å². The van der Waals surface area contributed by atoms with Gasteiger partial charge in [-0.15, -0.1) is 21.5 Å². The zero-order valence-electron chi connectivity index (χ0n) is 12.9. The molecule has 118 valence electrons. The van der Waals surface area contributed by atoms with Gasteiger partial charge in [-0.05, 0) is 19.1 Å². The van der Waals surface area contributed by atoms with Gasteiger partial charge in [0.1, 0.15) is 15.8 Å². The molecule has 0 saturated carbocycles. The van der Waals surface area contributed by atoms with Gasteiger partial charge in [0.25, 0.3) is 5.91 Å². The Hall–Kier alpha value is -2.02. The molecule has 0 aromatic carbocycles. The van der Waals surface area contributed by atoms with Crippen LogP contribution in [0.1, 0.15) is 36.7 Å². The van der Waals surface area contributed by atoms with E-state index in [2.05, 4.69) is 34.3 Å². The van der Waals surface area contributed by atoms with Crippen molar-refractivity contribution in [3.8, 4) is 5.75 Å². The van der Waals surface area contributed by atoms with Crippen LogP contribution in [-0.4, -0.2) is 33.7 Å². The predicted molar refractivity (Wildman–Crippen MR) is 85.0 cm³/mol.